The smallest absolute Gasteiger partial charge is 0.509 e. The molecule has 3 heterocycles. The van der Waals surface area contributed by atoms with E-state index in [1.807, 2.05) is 23.1 Å². The van der Waals surface area contributed by atoms with Gasteiger partial charge in [0.25, 0.3) is 0 Å². The van der Waals surface area contributed by atoms with Crippen LogP contribution < -0.4 is 4.74 Å². The monoisotopic (exact) mass is 853 g/mol. The van der Waals surface area contributed by atoms with Crippen LogP contribution in [0.1, 0.15) is 79.0 Å². The third-order valence-corrected chi connectivity index (χ3v) is 10.6. The molecule has 262 valence electrons. The minimum absolute atomic E-state index is 0. The average Bonchev–Trinajstić information content (AvgIpc) is 3.72. The van der Waals surface area contributed by atoms with Crippen LogP contribution in [0.5, 0.6) is 11.5 Å². The minimum Gasteiger partial charge on any atom is -0.509 e. The first-order chi connectivity index (χ1) is 24.0. The molecule has 6 heteroatoms. The van der Waals surface area contributed by atoms with Crippen LogP contribution >= 0.6 is 0 Å². The summed E-state index contributed by atoms with van der Waals surface area (Å²) < 4.78 is 10.8. The number of nitrogens with zero attached hydrogens (tertiary/aromatic N) is 4. The van der Waals surface area contributed by atoms with Crippen LogP contribution in [0.4, 0.5) is 0 Å². The maximum Gasteiger partial charge on any atom is 2.00 e. The molecule has 0 saturated heterocycles. The van der Waals surface area contributed by atoms with Crippen LogP contribution in [0.15, 0.2) is 79.3 Å². The van der Waals surface area contributed by atoms with E-state index in [4.69, 9.17) is 14.8 Å². The van der Waals surface area contributed by atoms with Gasteiger partial charge in [0.2, 0.25) is 0 Å². The topological polar surface area (TPSA) is 44.9 Å². The molecule has 0 aliphatic carbocycles. The van der Waals surface area contributed by atoms with E-state index in [0.717, 1.165) is 51.7 Å². The number of hydrogen-bond acceptors (Lipinski definition) is 3. The molecule has 7 rings (SSSR count). The number of fused-ring (bicyclic) bond motifs is 3. The van der Waals surface area contributed by atoms with Crippen molar-refractivity contribution in [2.24, 2.45) is 5.92 Å². The predicted octanol–water partition coefficient (Wildman–Crippen LogP) is 11.7. The summed E-state index contributed by atoms with van der Waals surface area (Å²) in [6.45, 7) is 20.0. The molecule has 1 atom stereocenters. The Balaban J connectivity index is 0.00000448. The summed E-state index contributed by atoms with van der Waals surface area (Å²) in [6.07, 6.45) is 8.01. The SMILES string of the molecule is CCC(C)c1cc(Oc2[c-]c3c(cc2)c2ccccc2n3-c2cc(CC(C)C)ccn2)[c-]c(-n2cc(-c3c(C)c(C)c(C)c(C)c3C)cn2)c1.[Pt+2]. The van der Waals surface area contributed by atoms with E-state index < -0.39 is 0 Å². The van der Waals surface area contributed by atoms with Crippen molar-refractivity contribution in [2.75, 3.05) is 0 Å². The molecule has 0 spiro atoms. The number of aromatic nitrogens is 4. The summed E-state index contributed by atoms with van der Waals surface area (Å²) in [5.41, 5.74) is 14.3. The van der Waals surface area contributed by atoms with E-state index in [2.05, 4.69) is 140 Å². The molecule has 0 amide bonds. The Morgan fingerprint density at radius 1 is 0.784 bits per heavy atom. The van der Waals surface area contributed by atoms with Crippen LogP contribution in [-0.4, -0.2) is 19.3 Å². The molecule has 0 aliphatic rings. The van der Waals surface area contributed by atoms with E-state index in [1.165, 1.54) is 44.5 Å². The van der Waals surface area contributed by atoms with E-state index in [0.29, 0.717) is 23.3 Å². The number of para-hydroxylation sites is 1. The van der Waals surface area contributed by atoms with Crippen molar-refractivity contribution < 1.29 is 25.8 Å². The van der Waals surface area contributed by atoms with Gasteiger partial charge in [0.15, 0.2) is 0 Å². The third kappa shape index (κ3) is 6.81. The van der Waals surface area contributed by atoms with Crippen LogP contribution in [0.3, 0.4) is 0 Å². The molecule has 4 aromatic carbocycles. The quantitative estimate of drug-likeness (QED) is 0.136. The van der Waals surface area contributed by atoms with Crippen molar-refractivity contribution in [1.29, 1.82) is 0 Å². The maximum atomic E-state index is 6.64. The van der Waals surface area contributed by atoms with Gasteiger partial charge in [-0.25, -0.2) is 4.98 Å². The van der Waals surface area contributed by atoms with Gasteiger partial charge in [0, 0.05) is 35.0 Å². The van der Waals surface area contributed by atoms with Crippen molar-refractivity contribution >= 4 is 21.8 Å². The predicted molar refractivity (Wildman–Crippen MR) is 206 cm³/mol. The summed E-state index contributed by atoms with van der Waals surface area (Å²) in [4.78, 5) is 4.82. The second-order valence-electron chi connectivity index (χ2n) is 14.3. The molecule has 0 N–H and O–H groups in total. The van der Waals surface area contributed by atoms with Gasteiger partial charge in [-0.15, -0.1) is 41.3 Å². The summed E-state index contributed by atoms with van der Waals surface area (Å²) >= 11 is 0. The zero-order valence-corrected chi connectivity index (χ0v) is 33.4. The zero-order chi connectivity index (χ0) is 35.3. The van der Waals surface area contributed by atoms with Crippen LogP contribution in [-0.2, 0) is 27.5 Å². The van der Waals surface area contributed by atoms with Crippen LogP contribution in [0, 0.1) is 52.7 Å². The van der Waals surface area contributed by atoms with E-state index in [9.17, 15) is 0 Å². The third-order valence-electron chi connectivity index (χ3n) is 10.6. The number of benzene rings is 4. The van der Waals surface area contributed by atoms with Crippen LogP contribution in [0.2, 0.25) is 0 Å². The normalized spacial score (nSPS) is 12.1. The summed E-state index contributed by atoms with van der Waals surface area (Å²) in [5, 5.41) is 7.12. The first kappa shape index (κ1) is 36.3. The Labute approximate surface area is 317 Å². The van der Waals surface area contributed by atoms with Crippen molar-refractivity contribution in [3.8, 4) is 34.1 Å². The zero-order valence-electron chi connectivity index (χ0n) is 31.1. The Morgan fingerprint density at radius 3 is 2.24 bits per heavy atom. The van der Waals surface area contributed by atoms with Gasteiger partial charge < -0.3 is 9.30 Å². The molecular formula is C45H46N4OPt. The fourth-order valence-corrected chi connectivity index (χ4v) is 7.24. The minimum atomic E-state index is 0. The van der Waals surface area contributed by atoms with E-state index in [1.54, 1.807) is 0 Å². The van der Waals surface area contributed by atoms with Gasteiger partial charge in [-0.05, 0) is 121 Å². The number of hydrogen-bond donors (Lipinski definition) is 0. The Morgan fingerprint density at radius 2 is 1.51 bits per heavy atom. The van der Waals surface area contributed by atoms with Crippen molar-refractivity contribution in [3.05, 3.63) is 130 Å². The molecule has 0 radical (unpaired) electrons. The number of pyridine rings is 1. The molecule has 3 aromatic heterocycles. The fraction of sp³-hybridized carbons (Fsp3) is 0.289. The van der Waals surface area contributed by atoms with Gasteiger partial charge in [-0.2, -0.15) is 11.2 Å². The second-order valence-corrected chi connectivity index (χ2v) is 14.3. The van der Waals surface area contributed by atoms with Gasteiger partial charge in [0.05, 0.1) is 6.20 Å². The summed E-state index contributed by atoms with van der Waals surface area (Å²) in [6, 6.07) is 28.4. The molecule has 7 aromatic rings. The fourth-order valence-electron chi connectivity index (χ4n) is 7.24. The molecule has 0 aliphatic heterocycles. The Kier molecular flexibility index (Phi) is 10.4. The molecular weight excluding hydrogens is 808 g/mol. The number of ether oxygens (including phenoxy) is 1. The molecule has 0 fully saturated rings. The maximum absolute atomic E-state index is 6.64. The van der Waals surface area contributed by atoms with Crippen molar-refractivity contribution in [1.82, 2.24) is 19.3 Å². The van der Waals surface area contributed by atoms with E-state index in [-0.39, 0.29) is 21.1 Å². The molecule has 5 nitrogen and oxygen atoms in total. The standard InChI is InChI=1S/C45H46N4O.Pt/c1-10-28(4)35-21-37(48-26-36(25-47-48)45-32(8)30(6)29(5)31(7)33(45)9)23-39(22-35)50-38-15-16-41-40-13-11-12-14-42(40)49(43(41)24-38)44-20-34(17-18-46-44)19-27(2)3;/h11-18,20-22,25-28H,10,19H2,1-9H3;/q-2;+2. The van der Waals surface area contributed by atoms with Crippen molar-refractivity contribution in [2.45, 2.75) is 81.1 Å². The molecule has 1 unspecified atom stereocenters. The second kappa shape index (κ2) is 14.6. The molecule has 0 saturated carbocycles. The van der Waals surface area contributed by atoms with Gasteiger partial charge >= 0.3 is 21.1 Å². The number of rotatable bonds is 9. The van der Waals surface area contributed by atoms with Gasteiger partial charge in [-0.3, -0.25) is 4.68 Å². The Hall–Kier alpha value is -4.47. The Bertz CT molecular complexity index is 2350. The average molecular weight is 854 g/mol. The first-order valence-corrected chi connectivity index (χ1v) is 17.8. The van der Waals surface area contributed by atoms with Gasteiger partial charge in [0.1, 0.15) is 5.82 Å². The summed E-state index contributed by atoms with van der Waals surface area (Å²) in [7, 11) is 0. The molecule has 0 bridgehead atoms. The van der Waals surface area contributed by atoms with E-state index >= 15 is 0 Å². The van der Waals surface area contributed by atoms with Gasteiger partial charge in [-0.1, -0.05) is 57.8 Å². The summed E-state index contributed by atoms with van der Waals surface area (Å²) in [5.74, 6) is 3.04. The van der Waals surface area contributed by atoms with Crippen molar-refractivity contribution in [3.63, 3.8) is 0 Å². The van der Waals surface area contributed by atoms with Crippen LogP contribution in [0.25, 0.3) is 44.4 Å². The first-order valence-electron chi connectivity index (χ1n) is 17.8. The largest absolute Gasteiger partial charge is 2.00 e. The molecule has 51 heavy (non-hydrogen) atoms.